The van der Waals surface area contributed by atoms with E-state index in [2.05, 4.69) is 21.2 Å². The van der Waals surface area contributed by atoms with E-state index in [1.54, 1.807) is 6.08 Å². The number of nitrogens with one attached hydrogen (secondary N) is 1. The topological polar surface area (TPSA) is 66.4 Å². The van der Waals surface area contributed by atoms with Gasteiger partial charge in [-0.05, 0) is 30.2 Å². The molecule has 0 saturated heterocycles. The van der Waals surface area contributed by atoms with Crippen molar-refractivity contribution in [3.63, 3.8) is 0 Å². The summed E-state index contributed by atoms with van der Waals surface area (Å²) in [6, 6.07) is 6.62. The summed E-state index contributed by atoms with van der Waals surface area (Å²) in [4.78, 5) is 22.5. The average molecular weight is 326 g/mol. The number of hydrogen-bond acceptors (Lipinski definition) is 2. The first-order valence-corrected chi connectivity index (χ1v) is 6.79. The van der Waals surface area contributed by atoms with Gasteiger partial charge >= 0.3 is 5.97 Å². The predicted octanol–water partition coefficient (Wildman–Crippen LogP) is 2.83. The number of halogens is 1. The van der Waals surface area contributed by atoms with Gasteiger partial charge < -0.3 is 10.4 Å². The summed E-state index contributed by atoms with van der Waals surface area (Å²) >= 11 is 3.32. The van der Waals surface area contributed by atoms with Crippen molar-refractivity contribution in [1.29, 1.82) is 0 Å². The Hall–Kier alpha value is -1.62. The van der Waals surface area contributed by atoms with Crippen LogP contribution in [0.15, 0.2) is 34.8 Å². The third-order valence-corrected chi connectivity index (χ3v) is 3.02. The minimum absolute atomic E-state index is 0.399. The Morgan fingerprint density at radius 3 is 2.53 bits per heavy atom. The van der Waals surface area contributed by atoms with Gasteiger partial charge in [0.25, 0.3) is 0 Å². The molecule has 102 valence electrons. The number of hydrogen-bond donors (Lipinski definition) is 2. The lowest BCUT2D eigenvalue weighted by Gasteiger charge is -2.11. The monoisotopic (exact) mass is 325 g/mol. The Bertz CT molecular complexity index is 468. The van der Waals surface area contributed by atoms with Crippen LogP contribution in [-0.4, -0.2) is 23.0 Å². The van der Waals surface area contributed by atoms with Crippen molar-refractivity contribution in [2.75, 3.05) is 0 Å². The van der Waals surface area contributed by atoms with Gasteiger partial charge in [0, 0.05) is 10.5 Å². The molecule has 0 aliphatic heterocycles. The SMILES string of the molecule is CCC[C@H](NC(=O)/C=C/c1ccc(Br)cc1)C(=O)O. The van der Waals surface area contributed by atoms with E-state index < -0.39 is 17.9 Å². The highest BCUT2D eigenvalue weighted by molar-refractivity contribution is 9.10. The van der Waals surface area contributed by atoms with Gasteiger partial charge in [-0.2, -0.15) is 0 Å². The number of rotatable bonds is 6. The summed E-state index contributed by atoms with van der Waals surface area (Å²) in [5, 5.41) is 11.4. The second-order valence-electron chi connectivity index (χ2n) is 4.07. The van der Waals surface area contributed by atoms with E-state index in [0.29, 0.717) is 12.8 Å². The fourth-order valence-corrected chi connectivity index (χ4v) is 1.78. The molecule has 1 amide bonds. The predicted molar refractivity (Wildman–Crippen MR) is 77.7 cm³/mol. The number of carboxylic acid groups (broad SMARTS) is 1. The minimum atomic E-state index is -1.01. The van der Waals surface area contributed by atoms with E-state index in [4.69, 9.17) is 5.11 Å². The van der Waals surface area contributed by atoms with Crippen LogP contribution < -0.4 is 5.32 Å². The van der Waals surface area contributed by atoms with Crippen molar-refractivity contribution in [2.45, 2.75) is 25.8 Å². The second-order valence-corrected chi connectivity index (χ2v) is 4.99. The summed E-state index contributed by atoms with van der Waals surface area (Å²) in [5.41, 5.74) is 0.876. The molecular weight excluding hydrogens is 310 g/mol. The number of carbonyl (C=O) groups is 2. The van der Waals surface area contributed by atoms with Crippen LogP contribution in [0.4, 0.5) is 0 Å². The molecule has 0 spiro atoms. The molecule has 1 aromatic rings. The zero-order valence-electron chi connectivity index (χ0n) is 10.6. The number of amides is 1. The first-order chi connectivity index (χ1) is 9.02. The van der Waals surface area contributed by atoms with Crippen LogP contribution in [-0.2, 0) is 9.59 Å². The maximum atomic E-state index is 11.6. The maximum Gasteiger partial charge on any atom is 0.326 e. The first kappa shape index (κ1) is 15.4. The molecule has 1 atom stereocenters. The normalized spacial score (nSPS) is 12.3. The largest absolute Gasteiger partial charge is 0.480 e. The molecule has 5 heteroatoms. The number of carboxylic acids is 1. The van der Waals surface area contributed by atoms with Gasteiger partial charge in [-0.15, -0.1) is 0 Å². The molecule has 0 radical (unpaired) electrons. The van der Waals surface area contributed by atoms with Gasteiger partial charge in [0.2, 0.25) is 5.91 Å². The maximum absolute atomic E-state index is 11.6. The van der Waals surface area contributed by atoms with Crippen molar-refractivity contribution in [1.82, 2.24) is 5.32 Å². The fourth-order valence-electron chi connectivity index (χ4n) is 1.51. The molecule has 0 aliphatic carbocycles. The summed E-state index contributed by atoms with van der Waals surface area (Å²) in [5.74, 6) is -1.41. The molecule has 0 saturated carbocycles. The fraction of sp³-hybridized carbons (Fsp3) is 0.286. The second kappa shape index (κ2) is 7.74. The highest BCUT2D eigenvalue weighted by Gasteiger charge is 2.17. The Morgan fingerprint density at radius 2 is 2.00 bits per heavy atom. The molecule has 0 bridgehead atoms. The minimum Gasteiger partial charge on any atom is -0.480 e. The lowest BCUT2D eigenvalue weighted by Crippen LogP contribution is -2.39. The number of carbonyl (C=O) groups excluding carboxylic acids is 1. The first-order valence-electron chi connectivity index (χ1n) is 6.00. The smallest absolute Gasteiger partial charge is 0.326 e. The van der Waals surface area contributed by atoms with Gasteiger partial charge in [-0.3, -0.25) is 4.79 Å². The molecule has 1 rings (SSSR count). The molecular formula is C14H16BrNO3. The van der Waals surface area contributed by atoms with Gasteiger partial charge in [-0.25, -0.2) is 4.79 Å². The summed E-state index contributed by atoms with van der Waals surface area (Å²) in [7, 11) is 0. The summed E-state index contributed by atoms with van der Waals surface area (Å²) in [6.07, 6.45) is 4.11. The highest BCUT2D eigenvalue weighted by atomic mass is 79.9. The van der Waals surface area contributed by atoms with E-state index in [0.717, 1.165) is 10.0 Å². The van der Waals surface area contributed by atoms with Crippen molar-refractivity contribution < 1.29 is 14.7 Å². The van der Waals surface area contributed by atoms with Gasteiger partial charge in [-0.1, -0.05) is 41.4 Å². The van der Waals surface area contributed by atoms with Gasteiger partial charge in [0.15, 0.2) is 0 Å². The van der Waals surface area contributed by atoms with Gasteiger partial charge in [0.05, 0.1) is 0 Å². The van der Waals surface area contributed by atoms with E-state index >= 15 is 0 Å². The third kappa shape index (κ3) is 5.70. The molecule has 0 aliphatic rings. The van der Waals surface area contributed by atoms with Crippen molar-refractivity contribution >= 4 is 33.9 Å². The van der Waals surface area contributed by atoms with Crippen LogP contribution in [0.1, 0.15) is 25.3 Å². The molecule has 1 aromatic carbocycles. The quantitative estimate of drug-likeness (QED) is 0.790. The van der Waals surface area contributed by atoms with E-state index in [-0.39, 0.29) is 0 Å². The van der Waals surface area contributed by atoms with Crippen LogP contribution in [0.2, 0.25) is 0 Å². The van der Waals surface area contributed by atoms with Crippen molar-refractivity contribution in [3.05, 3.63) is 40.4 Å². The average Bonchev–Trinajstić information content (AvgIpc) is 2.37. The molecule has 0 heterocycles. The van der Waals surface area contributed by atoms with Gasteiger partial charge in [0.1, 0.15) is 6.04 Å². The Kier molecular flexibility index (Phi) is 6.29. The van der Waals surface area contributed by atoms with Crippen LogP contribution in [0, 0.1) is 0 Å². The molecule has 4 nitrogen and oxygen atoms in total. The number of aliphatic carboxylic acids is 1. The van der Waals surface area contributed by atoms with E-state index in [1.807, 2.05) is 31.2 Å². The lowest BCUT2D eigenvalue weighted by molar-refractivity contribution is -0.141. The van der Waals surface area contributed by atoms with E-state index in [9.17, 15) is 9.59 Å². The molecule has 0 unspecified atom stereocenters. The standard InChI is InChI=1S/C14H16BrNO3/c1-2-3-12(14(18)19)16-13(17)9-6-10-4-7-11(15)8-5-10/h4-9,12H,2-3H2,1H3,(H,16,17)(H,18,19)/b9-6+/t12-/m0/s1. The zero-order chi connectivity index (χ0) is 14.3. The number of benzene rings is 1. The zero-order valence-corrected chi connectivity index (χ0v) is 12.2. The molecule has 19 heavy (non-hydrogen) atoms. The lowest BCUT2D eigenvalue weighted by atomic mass is 10.1. The Morgan fingerprint density at radius 1 is 1.37 bits per heavy atom. The van der Waals surface area contributed by atoms with Crippen LogP contribution in [0.5, 0.6) is 0 Å². The summed E-state index contributed by atoms with van der Waals surface area (Å²) in [6.45, 7) is 1.87. The van der Waals surface area contributed by atoms with Crippen molar-refractivity contribution in [3.8, 4) is 0 Å². The molecule has 2 N–H and O–H groups in total. The Labute approximate surface area is 120 Å². The molecule has 0 fully saturated rings. The molecule has 0 aromatic heterocycles. The highest BCUT2D eigenvalue weighted by Crippen LogP contribution is 2.11. The Balaban J connectivity index is 2.58. The van der Waals surface area contributed by atoms with Crippen molar-refractivity contribution in [2.24, 2.45) is 0 Å². The van der Waals surface area contributed by atoms with E-state index in [1.165, 1.54) is 6.08 Å². The summed E-state index contributed by atoms with van der Waals surface area (Å²) < 4.78 is 0.961. The van der Waals surface area contributed by atoms with Crippen LogP contribution >= 0.6 is 15.9 Å². The van der Waals surface area contributed by atoms with Crippen LogP contribution in [0.3, 0.4) is 0 Å². The van der Waals surface area contributed by atoms with Crippen LogP contribution in [0.25, 0.3) is 6.08 Å². The third-order valence-electron chi connectivity index (χ3n) is 2.49.